The fourth-order valence-corrected chi connectivity index (χ4v) is 4.78. The molecule has 1 fully saturated rings. The molecule has 2 amide bonds. The van der Waals surface area contributed by atoms with Gasteiger partial charge in [0.25, 0.3) is 5.91 Å². The van der Waals surface area contributed by atoms with Crippen molar-refractivity contribution >= 4 is 45.6 Å². The van der Waals surface area contributed by atoms with Crippen molar-refractivity contribution in [3.63, 3.8) is 0 Å². The van der Waals surface area contributed by atoms with E-state index >= 15 is 0 Å². The predicted octanol–water partition coefficient (Wildman–Crippen LogP) is 6.06. The van der Waals surface area contributed by atoms with E-state index in [0.717, 1.165) is 59.5 Å². The second-order valence-corrected chi connectivity index (χ2v) is 8.97. The maximum Gasteiger partial charge on any atom is 0.256 e. The van der Waals surface area contributed by atoms with Crippen LogP contribution in [0.25, 0.3) is 22.4 Å². The Hall–Kier alpha value is -3.45. The number of hydrogen-bond acceptors (Lipinski definition) is 4. The van der Waals surface area contributed by atoms with Crippen LogP contribution in [0.5, 0.6) is 0 Å². The molecule has 32 heavy (non-hydrogen) atoms. The topological polar surface area (TPSA) is 86.9 Å². The first-order valence-corrected chi connectivity index (χ1v) is 11.8. The highest BCUT2D eigenvalue weighted by atomic mass is 32.1. The third kappa shape index (κ3) is 4.43. The molecule has 162 valence electrons. The van der Waals surface area contributed by atoms with Crippen molar-refractivity contribution in [1.29, 1.82) is 0 Å². The fraction of sp³-hybridized carbons (Fsp3) is 0.240. The molecule has 2 aromatic heterocycles. The lowest BCUT2D eigenvalue weighted by molar-refractivity contribution is -0.120. The molecule has 7 heteroatoms. The first-order valence-electron chi connectivity index (χ1n) is 10.9. The molecule has 1 aliphatic rings. The zero-order valence-electron chi connectivity index (χ0n) is 17.6. The molecule has 0 bridgehead atoms. The zero-order chi connectivity index (χ0) is 21.9. The normalized spacial score (nSPS) is 14.4. The van der Waals surface area contributed by atoms with Gasteiger partial charge in [-0.15, -0.1) is 0 Å². The SMILES string of the molecule is O=C(Nc1ccc(-c2nc3ccc(NC(=O)C4CCCCC4)cc3[nH]2)cc1)c1ccsc1. The Morgan fingerprint density at radius 1 is 0.938 bits per heavy atom. The number of nitrogens with zero attached hydrogens (tertiary/aromatic N) is 1. The van der Waals surface area contributed by atoms with Gasteiger partial charge in [0, 0.05) is 28.2 Å². The number of hydrogen-bond donors (Lipinski definition) is 3. The average Bonchev–Trinajstić information content (AvgIpc) is 3.50. The molecule has 0 atom stereocenters. The summed E-state index contributed by atoms with van der Waals surface area (Å²) in [7, 11) is 0. The van der Waals surface area contributed by atoms with Crippen molar-refractivity contribution in [3.8, 4) is 11.4 Å². The lowest BCUT2D eigenvalue weighted by atomic mass is 9.88. The van der Waals surface area contributed by atoms with Crippen LogP contribution in [0, 0.1) is 5.92 Å². The molecule has 0 aliphatic heterocycles. The molecule has 1 aliphatic carbocycles. The minimum absolute atomic E-state index is 0.115. The average molecular weight is 445 g/mol. The molecule has 5 rings (SSSR count). The molecule has 2 aromatic carbocycles. The van der Waals surface area contributed by atoms with Gasteiger partial charge in [-0.05, 0) is 66.8 Å². The molecule has 6 nitrogen and oxygen atoms in total. The predicted molar refractivity (Wildman–Crippen MR) is 129 cm³/mol. The zero-order valence-corrected chi connectivity index (χ0v) is 18.4. The Morgan fingerprint density at radius 2 is 1.72 bits per heavy atom. The van der Waals surface area contributed by atoms with Gasteiger partial charge in [0.1, 0.15) is 5.82 Å². The van der Waals surface area contributed by atoms with E-state index in [1.165, 1.54) is 17.8 Å². The first-order chi connectivity index (χ1) is 15.7. The second-order valence-electron chi connectivity index (χ2n) is 8.19. The van der Waals surface area contributed by atoms with Crippen molar-refractivity contribution in [1.82, 2.24) is 9.97 Å². The number of rotatable bonds is 5. The summed E-state index contributed by atoms with van der Waals surface area (Å²) >= 11 is 1.49. The second kappa shape index (κ2) is 8.96. The highest BCUT2D eigenvalue weighted by Crippen LogP contribution is 2.27. The molecular formula is C25H24N4O2S. The highest BCUT2D eigenvalue weighted by molar-refractivity contribution is 7.08. The largest absolute Gasteiger partial charge is 0.338 e. The Kier molecular flexibility index (Phi) is 5.73. The first kappa shape index (κ1) is 20.5. The molecule has 2 heterocycles. The number of thiophene rings is 1. The number of imidazole rings is 1. The van der Waals surface area contributed by atoms with Crippen LogP contribution in [0.3, 0.4) is 0 Å². The monoisotopic (exact) mass is 444 g/mol. The number of aromatic amines is 1. The molecule has 0 saturated heterocycles. The van der Waals surface area contributed by atoms with Crippen LogP contribution >= 0.6 is 11.3 Å². The summed E-state index contributed by atoms with van der Waals surface area (Å²) < 4.78 is 0. The van der Waals surface area contributed by atoms with E-state index in [4.69, 9.17) is 0 Å². The summed E-state index contributed by atoms with van der Waals surface area (Å²) in [5.74, 6) is 0.858. The Balaban J connectivity index is 1.29. The number of carbonyl (C=O) groups excluding carboxylic acids is 2. The number of nitrogens with one attached hydrogen (secondary N) is 3. The van der Waals surface area contributed by atoms with Crippen LogP contribution < -0.4 is 10.6 Å². The number of H-pyrrole nitrogens is 1. The van der Waals surface area contributed by atoms with Crippen molar-refractivity contribution in [2.75, 3.05) is 10.6 Å². The summed E-state index contributed by atoms with van der Waals surface area (Å²) in [6.07, 6.45) is 5.46. The summed E-state index contributed by atoms with van der Waals surface area (Å²) in [5, 5.41) is 9.67. The van der Waals surface area contributed by atoms with Crippen molar-refractivity contribution in [2.45, 2.75) is 32.1 Å². The Bertz CT molecular complexity index is 1240. The standard InChI is InChI=1S/C25H24N4O2S/c30-24(17-4-2-1-3-5-17)27-20-10-11-21-22(14-20)29-23(28-21)16-6-8-19(9-7-16)26-25(31)18-12-13-32-15-18/h6-15,17H,1-5H2,(H,26,31)(H,27,30)(H,28,29). The molecular weight excluding hydrogens is 420 g/mol. The van der Waals surface area contributed by atoms with Crippen LogP contribution in [0.4, 0.5) is 11.4 Å². The molecule has 4 aromatic rings. The molecule has 0 radical (unpaired) electrons. The maximum absolute atomic E-state index is 12.5. The molecule has 0 unspecified atom stereocenters. The number of carbonyl (C=O) groups is 2. The number of anilines is 2. The van der Waals surface area contributed by atoms with Gasteiger partial charge in [-0.1, -0.05) is 19.3 Å². The van der Waals surface area contributed by atoms with Crippen LogP contribution in [-0.4, -0.2) is 21.8 Å². The fourth-order valence-electron chi connectivity index (χ4n) is 4.14. The van der Waals surface area contributed by atoms with Crippen LogP contribution in [0.2, 0.25) is 0 Å². The Labute approximate surface area is 190 Å². The van der Waals surface area contributed by atoms with E-state index in [9.17, 15) is 9.59 Å². The van der Waals surface area contributed by atoms with E-state index in [-0.39, 0.29) is 17.7 Å². The lowest BCUT2D eigenvalue weighted by Gasteiger charge is -2.20. The third-order valence-electron chi connectivity index (χ3n) is 5.92. The van der Waals surface area contributed by atoms with Gasteiger partial charge in [0.2, 0.25) is 5.91 Å². The van der Waals surface area contributed by atoms with Crippen molar-refractivity contribution < 1.29 is 9.59 Å². The van der Waals surface area contributed by atoms with E-state index in [2.05, 4.69) is 20.6 Å². The summed E-state index contributed by atoms with van der Waals surface area (Å²) in [5.41, 5.74) is 4.80. The number of fused-ring (bicyclic) bond motifs is 1. The molecule has 1 saturated carbocycles. The van der Waals surface area contributed by atoms with E-state index in [0.29, 0.717) is 5.56 Å². The van der Waals surface area contributed by atoms with Gasteiger partial charge in [0.15, 0.2) is 0 Å². The van der Waals surface area contributed by atoms with E-state index in [1.54, 1.807) is 6.07 Å². The summed E-state index contributed by atoms with van der Waals surface area (Å²) in [4.78, 5) is 32.8. The van der Waals surface area contributed by atoms with Gasteiger partial charge in [-0.3, -0.25) is 9.59 Å². The van der Waals surface area contributed by atoms with Crippen molar-refractivity contribution in [3.05, 3.63) is 64.9 Å². The number of amides is 2. The smallest absolute Gasteiger partial charge is 0.256 e. The third-order valence-corrected chi connectivity index (χ3v) is 6.61. The molecule has 3 N–H and O–H groups in total. The van der Waals surface area contributed by atoms with Gasteiger partial charge in [0.05, 0.1) is 16.6 Å². The maximum atomic E-state index is 12.5. The Morgan fingerprint density at radius 3 is 2.47 bits per heavy atom. The number of benzene rings is 2. The van der Waals surface area contributed by atoms with Gasteiger partial charge < -0.3 is 15.6 Å². The van der Waals surface area contributed by atoms with E-state index < -0.39 is 0 Å². The van der Waals surface area contributed by atoms with Crippen molar-refractivity contribution in [2.24, 2.45) is 5.92 Å². The van der Waals surface area contributed by atoms with Gasteiger partial charge >= 0.3 is 0 Å². The van der Waals surface area contributed by atoms with Gasteiger partial charge in [-0.2, -0.15) is 11.3 Å². The number of aromatic nitrogens is 2. The highest BCUT2D eigenvalue weighted by Gasteiger charge is 2.21. The minimum atomic E-state index is -0.120. The quantitative estimate of drug-likeness (QED) is 0.349. The molecule has 0 spiro atoms. The van der Waals surface area contributed by atoms with Crippen LogP contribution in [0.1, 0.15) is 42.5 Å². The van der Waals surface area contributed by atoms with Crippen LogP contribution in [-0.2, 0) is 4.79 Å². The summed E-state index contributed by atoms with van der Waals surface area (Å²) in [6, 6.07) is 15.1. The summed E-state index contributed by atoms with van der Waals surface area (Å²) in [6.45, 7) is 0. The van der Waals surface area contributed by atoms with Crippen LogP contribution in [0.15, 0.2) is 59.3 Å². The lowest BCUT2D eigenvalue weighted by Crippen LogP contribution is -2.24. The minimum Gasteiger partial charge on any atom is -0.338 e. The van der Waals surface area contributed by atoms with E-state index in [1.807, 2.05) is 53.2 Å². The van der Waals surface area contributed by atoms with Gasteiger partial charge in [-0.25, -0.2) is 4.98 Å².